The highest BCUT2D eigenvalue weighted by Gasteiger charge is 2.32. The highest BCUT2D eigenvalue weighted by atomic mass is 32.1. The maximum atomic E-state index is 11.3. The first-order chi connectivity index (χ1) is 9.90. The van der Waals surface area contributed by atoms with Crippen molar-refractivity contribution in [2.45, 2.75) is 19.3 Å². The average Bonchev–Trinajstić information content (AvgIpc) is 2.96. The minimum atomic E-state index is -1.02. The van der Waals surface area contributed by atoms with E-state index in [0.717, 1.165) is 10.6 Å². The van der Waals surface area contributed by atoms with Crippen LogP contribution in [-0.4, -0.2) is 30.3 Å². The smallest absolute Gasteiger partial charge is 0.315 e. The lowest BCUT2D eigenvalue weighted by Gasteiger charge is -2.15. The first-order valence-corrected chi connectivity index (χ1v) is 7.20. The predicted octanol–water partition coefficient (Wildman–Crippen LogP) is 3.19. The summed E-state index contributed by atoms with van der Waals surface area (Å²) in [5, 5.41) is 11.8. The lowest BCUT2D eigenvalue weighted by atomic mass is 9.90. The van der Waals surface area contributed by atoms with Gasteiger partial charge in [-0.3, -0.25) is 4.79 Å². The summed E-state index contributed by atoms with van der Waals surface area (Å²) in [5.74, 6) is 0.433. The zero-order valence-corrected chi connectivity index (χ0v) is 13.2. The Hall–Kier alpha value is -2.08. The monoisotopic (exact) mass is 307 g/mol. The van der Waals surface area contributed by atoms with E-state index in [0.29, 0.717) is 17.2 Å². The zero-order chi connectivity index (χ0) is 15.6. The van der Waals surface area contributed by atoms with Crippen LogP contribution >= 0.6 is 11.3 Å². The highest BCUT2D eigenvalue weighted by Crippen LogP contribution is 2.37. The van der Waals surface area contributed by atoms with Gasteiger partial charge < -0.3 is 14.6 Å². The van der Waals surface area contributed by atoms with E-state index in [4.69, 9.17) is 9.47 Å². The Bertz CT molecular complexity index is 663. The van der Waals surface area contributed by atoms with Gasteiger partial charge in [-0.25, -0.2) is 4.98 Å². The molecule has 0 radical (unpaired) electrons. The molecule has 0 unspecified atom stereocenters. The molecule has 1 aromatic carbocycles. The van der Waals surface area contributed by atoms with Gasteiger partial charge in [0.05, 0.1) is 25.5 Å². The first-order valence-electron chi connectivity index (χ1n) is 6.32. The molecule has 0 spiro atoms. The van der Waals surface area contributed by atoms with Crippen LogP contribution in [-0.2, 0) is 10.2 Å². The molecule has 0 aliphatic rings. The number of rotatable bonds is 5. The van der Waals surface area contributed by atoms with Crippen molar-refractivity contribution in [2.24, 2.45) is 0 Å². The van der Waals surface area contributed by atoms with Gasteiger partial charge in [0.15, 0.2) is 0 Å². The molecule has 21 heavy (non-hydrogen) atoms. The molecule has 1 aromatic heterocycles. The third-order valence-corrected chi connectivity index (χ3v) is 4.19. The summed E-state index contributed by atoms with van der Waals surface area (Å²) in [6, 6.07) is 5.45. The molecule has 0 aliphatic carbocycles. The Balaban J connectivity index is 2.45. The Labute approximate surface area is 127 Å². The molecule has 6 heteroatoms. The van der Waals surface area contributed by atoms with Crippen molar-refractivity contribution < 1.29 is 19.4 Å². The SMILES string of the molecule is COc1ccc(-c2nc(C(C)(C)C(=O)O)cs2)c(OC)c1. The maximum absolute atomic E-state index is 11.3. The molecular formula is C15H17NO4S. The third-order valence-electron chi connectivity index (χ3n) is 3.32. The van der Waals surface area contributed by atoms with Crippen molar-refractivity contribution in [3.63, 3.8) is 0 Å². The van der Waals surface area contributed by atoms with Crippen molar-refractivity contribution in [3.05, 3.63) is 29.3 Å². The number of aromatic nitrogens is 1. The molecule has 0 saturated heterocycles. The fourth-order valence-corrected chi connectivity index (χ4v) is 2.79. The Morgan fingerprint density at radius 1 is 1.29 bits per heavy atom. The van der Waals surface area contributed by atoms with Crippen LogP contribution in [0.25, 0.3) is 10.6 Å². The largest absolute Gasteiger partial charge is 0.497 e. The molecule has 0 saturated carbocycles. The number of carboxylic acid groups (broad SMARTS) is 1. The van der Waals surface area contributed by atoms with Crippen LogP contribution in [0, 0.1) is 0 Å². The normalized spacial score (nSPS) is 11.2. The molecule has 1 N–H and O–H groups in total. The van der Waals surface area contributed by atoms with E-state index < -0.39 is 11.4 Å². The van der Waals surface area contributed by atoms with Crippen LogP contribution in [0.15, 0.2) is 23.6 Å². The maximum Gasteiger partial charge on any atom is 0.315 e. The number of benzene rings is 1. The second kappa shape index (κ2) is 5.73. The lowest BCUT2D eigenvalue weighted by molar-refractivity contribution is -0.142. The number of hydrogen-bond acceptors (Lipinski definition) is 5. The van der Waals surface area contributed by atoms with Crippen LogP contribution in [0.2, 0.25) is 0 Å². The second-order valence-corrected chi connectivity index (χ2v) is 5.89. The van der Waals surface area contributed by atoms with Gasteiger partial charge >= 0.3 is 5.97 Å². The topological polar surface area (TPSA) is 68.7 Å². The van der Waals surface area contributed by atoms with E-state index in [1.54, 1.807) is 39.5 Å². The quantitative estimate of drug-likeness (QED) is 0.918. The van der Waals surface area contributed by atoms with Gasteiger partial charge in [-0.05, 0) is 26.0 Å². The Kier molecular flexibility index (Phi) is 4.18. The second-order valence-electron chi connectivity index (χ2n) is 5.03. The van der Waals surface area contributed by atoms with Crippen molar-refractivity contribution >= 4 is 17.3 Å². The predicted molar refractivity (Wildman–Crippen MR) is 81.3 cm³/mol. The van der Waals surface area contributed by atoms with Gasteiger partial charge in [0.25, 0.3) is 0 Å². The lowest BCUT2D eigenvalue weighted by Crippen LogP contribution is -2.28. The number of thiazole rings is 1. The summed E-state index contributed by atoms with van der Waals surface area (Å²) in [5.41, 5.74) is 0.331. The minimum absolute atomic E-state index is 0.535. The van der Waals surface area contributed by atoms with E-state index in [1.807, 2.05) is 12.1 Å². The van der Waals surface area contributed by atoms with Gasteiger partial charge in [-0.15, -0.1) is 11.3 Å². The molecule has 0 amide bonds. The van der Waals surface area contributed by atoms with Crippen LogP contribution in [0.5, 0.6) is 11.5 Å². The fraction of sp³-hybridized carbons (Fsp3) is 0.333. The average molecular weight is 307 g/mol. The summed E-state index contributed by atoms with van der Waals surface area (Å²) in [6.45, 7) is 3.28. The van der Waals surface area contributed by atoms with E-state index in [1.165, 1.54) is 11.3 Å². The van der Waals surface area contributed by atoms with Crippen LogP contribution in [0.1, 0.15) is 19.5 Å². The molecule has 0 fully saturated rings. The van der Waals surface area contributed by atoms with E-state index in [-0.39, 0.29) is 0 Å². The minimum Gasteiger partial charge on any atom is -0.497 e. The van der Waals surface area contributed by atoms with E-state index in [2.05, 4.69) is 4.98 Å². The highest BCUT2D eigenvalue weighted by molar-refractivity contribution is 7.13. The van der Waals surface area contributed by atoms with Gasteiger partial charge in [-0.2, -0.15) is 0 Å². The molecule has 1 heterocycles. The van der Waals surface area contributed by atoms with Crippen LogP contribution in [0.4, 0.5) is 0 Å². The molecule has 2 rings (SSSR count). The number of carboxylic acids is 1. The summed E-state index contributed by atoms with van der Waals surface area (Å²) < 4.78 is 10.5. The molecule has 0 aliphatic heterocycles. The van der Waals surface area contributed by atoms with E-state index in [9.17, 15) is 9.90 Å². The van der Waals surface area contributed by atoms with E-state index >= 15 is 0 Å². The van der Waals surface area contributed by atoms with Crippen molar-refractivity contribution in [1.29, 1.82) is 0 Å². The van der Waals surface area contributed by atoms with Gasteiger partial charge in [0.2, 0.25) is 0 Å². The van der Waals surface area contributed by atoms with Crippen molar-refractivity contribution in [1.82, 2.24) is 4.98 Å². The molecule has 0 bridgehead atoms. The fourth-order valence-electron chi connectivity index (χ4n) is 1.77. The summed E-state index contributed by atoms with van der Waals surface area (Å²) in [4.78, 5) is 15.8. The number of ether oxygens (including phenoxy) is 2. The van der Waals surface area contributed by atoms with Gasteiger partial charge in [0, 0.05) is 11.4 Å². The summed E-state index contributed by atoms with van der Waals surface area (Å²) >= 11 is 1.39. The van der Waals surface area contributed by atoms with Gasteiger partial charge in [0.1, 0.15) is 21.9 Å². The molecule has 0 atom stereocenters. The number of methoxy groups -OCH3 is 2. The first kappa shape index (κ1) is 15.3. The number of carbonyl (C=O) groups is 1. The Morgan fingerprint density at radius 3 is 2.57 bits per heavy atom. The van der Waals surface area contributed by atoms with Crippen molar-refractivity contribution in [3.8, 4) is 22.1 Å². The Morgan fingerprint density at radius 2 is 2.00 bits per heavy atom. The van der Waals surface area contributed by atoms with Gasteiger partial charge in [-0.1, -0.05) is 0 Å². The molecule has 112 valence electrons. The van der Waals surface area contributed by atoms with Crippen molar-refractivity contribution in [2.75, 3.05) is 14.2 Å². The zero-order valence-electron chi connectivity index (χ0n) is 12.3. The molecule has 2 aromatic rings. The summed E-state index contributed by atoms with van der Waals surface area (Å²) in [6.07, 6.45) is 0. The number of hydrogen-bond donors (Lipinski definition) is 1. The standard InChI is InChI=1S/C15H17NO4S/c1-15(2,14(17)18)12-8-21-13(16-12)10-6-5-9(19-3)7-11(10)20-4/h5-8H,1-4H3,(H,17,18). The summed E-state index contributed by atoms with van der Waals surface area (Å²) in [7, 11) is 3.17. The van der Waals surface area contributed by atoms with Crippen LogP contribution < -0.4 is 9.47 Å². The molecule has 5 nitrogen and oxygen atoms in total. The molecular weight excluding hydrogens is 290 g/mol. The third kappa shape index (κ3) is 2.85. The number of aliphatic carboxylic acids is 1. The van der Waals surface area contributed by atoms with Crippen LogP contribution in [0.3, 0.4) is 0 Å². The number of nitrogens with zero attached hydrogens (tertiary/aromatic N) is 1.